The molecule has 0 aromatic carbocycles. The van der Waals surface area contributed by atoms with Crippen LogP contribution in [-0.2, 0) is 0 Å². The quantitative estimate of drug-likeness (QED) is 0.608. The predicted molar refractivity (Wildman–Crippen MR) is 63.4 cm³/mol. The van der Waals surface area contributed by atoms with Gasteiger partial charge in [0.15, 0.2) is 0 Å². The molecule has 1 heterocycles. The Bertz CT molecular complexity index is 341. The first-order valence-electron chi connectivity index (χ1n) is 5.23. The average Bonchev–Trinajstić information content (AvgIpc) is 2.71. The number of nitrogens with zero attached hydrogens (tertiary/aromatic N) is 1. The smallest absolute Gasteiger partial charge is 0.124 e. The zero-order valence-corrected chi connectivity index (χ0v) is 9.39. The van der Waals surface area contributed by atoms with Crippen LogP contribution in [0.4, 0.5) is 0 Å². The fourth-order valence-electron chi connectivity index (χ4n) is 1.79. The van der Waals surface area contributed by atoms with Gasteiger partial charge < -0.3 is 5.73 Å². The van der Waals surface area contributed by atoms with E-state index in [1.54, 1.807) is 6.20 Å². The van der Waals surface area contributed by atoms with Gasteiger partial charge in [0, 0.05) is 17.0 Å². The van der Waals surface area contributed by atoms with Crippen molar-refractivity contribution in [2.24, 2.45) is 5.73 Å². The van der Waals surface area contributed by atoms with Crippen LogP contribution >= 0.6 is 11.8 Å². The second kappa shape index (κ2) is 4.66. The van der Waals surface area contributed by atoms with E-state index in [-0.39, 0.29) is 5.84 Å². The van der Waals surface area contributed by atoms with E-state index in [1.807, 2.05) is 23.9 Å². The Balaban J connectivity index is 2.00. The molecule has 80 valence electrons. The van der Waals surface area contributed by atoms with Crippen molar-refractivity contribution in [2.45, 2.75) is 36.0 Å². The van der Waals surface area contributed by atoms with Crippen molar-refractivity contribution in [3.05, 3.63) is 23.9 Å². The second-order valence-electron chi connectivity index (χ2n) is 3.82. The molecule has 0 spiro atoms. The van der Waals surface area contributed by atoms with E-state index < -0.39 is 0 Å². The van der Waals surface area contributed by atoms with Crippen LogP contribution in [0.5, 0.6) is 0 Å². The molecule has 4 heteroatoms. The summed E-state index contributed by atoms with van der Waals surface area (Å²) in [6.07, 6.45) is 6.99. The van der Waals surface area contributed by atoms with Gasteiger partial charge in [0.05, 0.1) is 5.03 Å². The minimum atomic E-state index is 0.0833. The number of nitrogens with one attached hydrogen (secondary N) is 1. The van der Waals surface area contributed by atoms with Crippen LogP contribution in [0.1, 0.15) is 31.2 Å². The van der Waals surface area contributed by atoms with Gasteiger partial charge in [0.2, 0.25) is 0 Å². The van der Waals surface area contributed by atoms with Gasteiger partial charge in [0.25, 0.3) is 0 Å². The highest BCUT2D eigenvalue weighted by Gasteiger charge is 2.16. The number of hydrogen-bond acceptors (Lipinski definition) is 3. The number of aromatic nitrogens is 1. The molecule has 3 N–H and O–H groups in total. The van der Waals surface area contributed by atoms with E-state index in [0.29, 0.717) is 5.56 Å². The van der Waals surface area contributed by atoms with Gasteiger partial charge in [-0.05, 0) is 25.0 Å². The Morgan fingerprint density at radius 3 is 2.67 bits per heavy atom. The van der Waals surface area contributed by atoms with Crippen LogP contribution in [0, 0.1) is 5.41 Å². The maximum atomic E-state index is 7.26. The topological polar surface area (TPSA) is 62.8 Å². The van der Waals surface area contributed by atoms with Crippen LogP contribution in [-0.4, -0.2) is 16.1 Å². The van der Waals surface area contributed by atoms with E-state index in [2.05, 4.69) is 4.98 Å². The van der Waals surface area contributed by atoms with Gasteiger partial charge in [-0.25, -0.2) is 4.98 Å². The maximum absolute atomic E-state index is 7.26. The number of amidine groups is 1. The Morgan fingerprint density at radius 2 is 2.13 bits per heavy atom. The first kappa shape index (κ1) is 10.5. The molecule has 0 saturated heterocycles. The number of nitrogen functional groups attached to an aromatic ring is 1. The summed E-state index contributed by atoms with van der Waals surface area (Å²) in [5.41, 5.74) is 6.06. The minimum Gasteiger partial charge on any atom is -0.384 e. The summed E-state index contributed by atoms with van der Waals surface area (Å²) in [5, 5.41) is 9.05. The van der Waals surface area contributed by atoms with Crippen molar-refractivity contribution in [1.82, 2.24) is 4.98 Å². The molecule has 0 amide bonds. The predicted octanol–water partition coefficient (Wildman–Crippen LogP) is 2.40. The molecular formula is C11H15N3S. The van der Waals surface area contributed by atoms with E-state index in [0.717, 1.165) is 10.3 Å². The molecule has 1 saturated carbocycles. The number of pyridine rings is 1. The maximum Gasteiger partial charge on any atom is 0.124 e. The Labute approximate surface area is 94.0 Å². The monoisotopic (exact) mass is 221 g/mol. The third-order valence-corrected chi connectivity index (χ3v) is 3.92. The summed E-state index contributed by atoms with van der Waals surface area (Å²) in [7, 11) is 0. The highest BCUT2D eigenvalue weighted by atomic mass is 32.2. The zero-order valence-electron chi connectivity index (χ0n) is 8.57. The second-order valence-corrected chi connectivity index (χ2v) is 5.14. The molecule has 3 nitrogen and oxygen atoms in total. The van der Waals surface area contributed by atoms with E-state index in [9.17, 15) is 0 Å². The van der Waals surface area contributed by atoms with Crippen LogP contribution in [0.15, 0.2) is 23.4 Å². The highest BCUT2D eigenvalue weighted by Crippen LogP contribution is 2.33. The van der Waals surface area contributed by atoms with Crippen molar-refractivity contribution in [1.29, 1.82) is 5.41 Å². The first-order chi connectivity index (χ1) is 7.25. The van der Waals surface area contributed by atoms with Crippen LogP contribution in [0.25, 0.3) is 0 Å². The number of thioether (sulfide) groups is 1. The molecule has 0 atom stereocenters. The molecule has 1 aromatic heterocycles. The van der Waals surface area contributed by atoms with Gasteiger partial charge in [-0.3, -0.25) is 5.41 Å². The minimum absolute atomic E-state index is 0.0833. The van der Waals surface area contributed by atoms with Crippen LogP contribution in [0.3, 0.4) is 0 Å². The Kier molecular flexibility index (Phi) is 3.26. The molecule has 1 aliphatic carbocycles. The molecule has 2 rings (SSSR count). The number of rotatable bonds is 3. The van der Waals surface area contributed by atoms with Crippen molar-refractivity contribution >= 4 is 17.6 Å². The lowest BCUT2D eigenvalue weighted by Crippen LogP contribution is -2.11. The normalized spacial score (nSPS) is 16.8. The SMILES string of the molecule is N=C(N)c1ccc(SC2CCCC2)nc1. The Morgan fingerprint density at radius 1 is 1.40 bits per heavy atom. The largest absolute Gasteiger partial charge is 0.384 e. The molecule has 0 radical (unpaired) electrons. The van der Waals surface area contributed by atoms with Crippen molar-refractivity contribution in [3.63, 3.8) is 0 Å². The zero-order chi connectivity index (χ0) is 10.7. The lowest BCUT2D eigenvalue weighted by Gasteiger charge is -2.07. The molecule has 0 bridgehead atoms. The summed E-state index contributed by atoms with van der Waals surface area (Å²) in [6, 6.07) is 3.83. The summed E-state index contributed by atoms with van der Waals surface area (Å²) in [5.74, 6) is 0.0833. The van der Waals surface area contributed by atoms with Crippen molar-refractivity contribution in [2.75, 3.05) is 0 Å². The average molecular weight is 221 g/mol. The van der Waals surface area contributed by atoms with Gasteiger partial charge in [-0.2, -0.15) is 0 Å². The van der Waals surface area contributed by atoms with Gasteiger partial charge in [-0.1, -0.05) is 12.8 Å². The van der Waals surface area contributed by atoms with Crippen LogP contribution in [0.2, 0.25) is 0 Å². The van der Waals surface area contributed by atoms with Gasteiger partial charge >= 0.3 is 0 Å². The molecule has 15 heavy (non-hydrogen) atoms. The third kappa shape index (κ3) is 2.72. The first-order valence-corrected chi connectivity index (χ1v) is 6.11. The molecule has 1 aliphatic rings. The van der Waals surface area contributed by atoms with E-state index >= 15 is 0 Å². The lowest BCUT2D eigenvalue weighted by molar-refractivity contribution is 0.886. The molecule has 0 unspecified atom stereocenters. The van der Waals surface area contributed by atoms with E-state index in [1.165, 1.54) is 25.7 Å². The third-order valence-electron chi connectivity index (χ3n) is 2.64. The van der Waals surface area contributed by atoms with Crippen molar-refractivity contribution in [3.8, 4) is 0 Å². The fourth-order valence-corrected chi connectivity index (χ4v) is 2.96. The summed E-state index contributed by atoms with van der Waals surface area (Å²) < 4.78 is 0. The molecule has 0 aliphatic heterocycles. The number of hydrogen-bond donors (Lipinski definition) is 2. The van der Waals surface area contributed by atoms with E-state index in [4.69, 9.17) is 11.1 Å². The van der Waals surface area contributed by atoms with Gasteiger partial charge in [-0.15, -0.1) is 11.8 Å². The highest BCUT2D eigenvalue weighted by molar-refractivity contribution is 7.99. The fraction of sp³-hybridized carbons (Fsp3) is 0.455. The lowest BCUT2D eigenvalue weighted by atomic mass is 10.3. The summed E-state index contributed by atoms with van der Waals surface area (Å²) in [6.45, 7) is 0. The number of nitrogens with two attached hydrogens (primary N) is 1. The van der Waals surface area contributed by atoms with Gasteiger partial charge in [0.1, 0.15) is 5.84 Å². The molecule has 1 fully saturated rings. The van der Waals surface area contributed by atoms with Crippen LogP contribution < -0.4 is 5.73 Å². The molecular weight excluding hydrogens is 206 g/mol. The van der Waals surface area contributed by atoms with Crippen molar-refractivity contribution < 1.29 is 0 Å². The Hall–Kier alpha value is -1.03. The standard InChI is InChI=1S/C11H15N3S/c12-11(13)8-5-6-10(14-7-8)15-9-3-1-2-4-9/h5-7,9H,1-4H2,(H3,12,13). The summed E-state index contributed by atoms with van der Waals surface area (Å²) >= 11 is 1.85. The molecule has 1 aromatic rings. The summed E-state index contributed by atoms with van der Waals surface area (Å²) in [4.78, 5) is 4.31.